The van der Waals surface area contributed by atoms with E-state index in [0.29, 0.717) is 25.9 Å². The zero-order valence-corrected chi connectivity index (χ0v) is 10.5. The second kappa shape index (κ2) is 7.25. The van der Waals surface area contributed by atoms with Crippen molar-refractivity contribution >= 4 is 17.5 Å². The number of halogens is 2. The number of nitrogens with one attached hydrogen (secondary N) is 2. The minimum Gasteiger partial charge on any atom is -0.356 e. The zero-order valence-electron chi connectivity index (χ0n) is 9.72. The molecule has 0 saturated heterocycles. The highest BCUT2D eigenvalue weighted by Crippen LogP contribution is 2.15. The highest BCUT2D eigenvalue weighted by atomic mass is 35.5. The number of amides is 1. The molecule has 1 rings (SSSR count). The molecule has 0 aromatic heterocycles. The van der Waals surface area contributed by atoms with E-state index in [4.69, 9.17) is 11.6 Å². The fourth-order valence-electron chi connectivity index (χ4n) is 1.37. The molecule has 0 heterocycles. The third-order valence-electron chi connectivity index (χ3n) is 2.32. The molecule has 5 heteroatoms. The maximum atomic E-state index is 12.9. The molecule has 0 bridgehead atoms. The molecular weight excluding hydrogens is 243 g/mol. The van der Waals surface area contributed by atoms with E-state index in [1.54, 1.807) is 19.2 Å². The fraction of sp³-hybridized carbons (Fsp3) is 0.417. The van der Waals surface area contributed by atoms with Gasteiger partial charge in [-0.25, -0.2) is 4.39 Å². The molecule has 1 aromatic rings. The van der Waals surface area contributed by atoms with Gasteiger partial charge >= 0.3 is 0 Å². The maximum Gasteiger partial charge on any atom is 0.221 e. The monoisotopic (exact) mass is 258 g/mol. The van der Waals surface area contributed by atoms with Crippen LogP contribution in [0, 0.1) is 5.82 Å². The van der Waals surface area contributed by atoms with Gasteiger partial charge in [0.2, 0.25) is 5.91 Å². The molecule has 1 aromatic carbocycles. The van der Waals surface area contributed by atoms with Gasteiger partial charge < -0.3 is 10.6 Å². The maximum absolute atomic E-state index is 12.9. The largest absolute Gasteiger partial charge is 0.356 e. The normalized spacial score (nSPS) is 10.3. The molecular formula is C12H16ClFN2O. The van der Waals surface area contributed by atoms with Gasteiger partial charge in [-0.05, 0) is 31.2 Å². The summed E-state index contributed by atoms with van der Waals surface area (Å²) in [5, 5.41) is 5.80. The molecule has 2 N–H and O–H groups in total. The number of carbonyl (C=O) groups is 1. The zero-order chi connectivity index (χ0) is 12.7. The van der Waals surface area contributed by atoms with E-state index >= 15 is 0 Å². The van der Waals surface area contributed by atoms with Gasteiger partial charge in [-0.2, -0.15) is 0 Å². The highest BCUT2D eigenvalue weighted by molar-refractivity contribution is 6.30. The summed E-state index contributed by atoms with van der Waals surface area (Å²) >= 11 is 5.65. The van der Waals surface area contributed by atoms with Gasteiger partial charge in [-0.1, -0.05) is 17.7 Å². The van der Waals surface area contributed by atoms with Crippen molar-refractivity contribution in [1.82, 2.24) is 10.6 Å². The Morgan fingerprint density at radius 3 is 2.82 bits per heavy atom. The number of carbonyl (C=O) groups excluding carboxylic acids is 1. The fourth-order valence-corrected chi connectivity index (χ4v) is 1.57. The van der Waals surface area contributed by atoms with Gasteiger partial charge in [-0.3, -0.25) is 4.79 Å². The Balaban J connectivity index is 2.30. The van der Waals surface area contributed by atoms with Crippen LogP contribution < -0.4 is 10.6 Å². The lowest BCUT2D eigenvalue weighted by Crippen LogP contribution is -2.28. The number of benzene rings is 1. The van der Waals surface area contributed by atoms with Crippen molar-refractivity contribution in [2.24, 2.45) is 0 Å². The van der Waals surface area contributed by atoms with Crippen molar-refractivity contribution in [2.75, 3.05) is 20.1 Å². The van der Waals surface area contributed by atoms with Gasteiger partial charge in [0.15, 0.2) is 0 Å². The topological polar surface area (TPSA) is 41.1 Å². The molecule has 0 unspecified atom stereocenters. The summed E-state index contributed by atoms with van der Waals surface area (Å²) < 4.78 is 12.9. The van der Waals surface area contributed by atoms with Crippen LogP contribution in [0.5, 0.6) is 0 Å². The van der Waals surface area contributed by atoms with Crippen LogP contribution in [0.2, 0.25) is 5.02 Å². The molecule has 0 aliphatic carbocycles. The Labute approximate surface area is 105 Å². The second-order valence-corrected chi connectivity index (χ2v) is 4.11. The first-order valence-electron chi connectivity index (χ1n) is 5.48. The van der Waals surface area contributed by atoms with Crippen LogP contribution in [0.1, 0.15) is 12.0 Å². The van der Waals surface area contributed by atoms with Crippen LogP contribution >= 0.6 is 11.6 Å². The molecule has 0 fully saturated rings. The summed E-state index contributed by atoms with van der Waals surface area (Å²) in [7, 11) is 1.80. The van der Waals surface area contributed by atoms with Crippen molar-refractivity contribution in [3.8, 4) is 0 Å². The van der Waals surface area contributed by atoms with E-state index in [1.807, 2.05) is 0 Å². The standard InChI is InChI=1S/C12H16ClFN2O/c1-15-6-5-12(17)16-7-4-9-2-3-11(14)10(13)8-9/h2-3,8,15H,4-7H2,1H3,(H,16,17). The number of hydrogen-bond acceptors (Lipinski definition) is 2. The van der Waals surface area contributed by atoms with Gasteiger partial charge in [0, 0.05) is 19.5 Å². The third-order valence-corrected chi connectivity index (χ3v) is 2.61. The summed E-state index contributed by atoms with van der Waals surface area (Å²) in [4.78, 5) is 11.3. The van der Waals surface area contributed by atoms with Crippen molar-refractivity contribution in [1.29, 1.82) is 0 Å². The Hall–Kier alpha value is -1.13. The molecule has 0 spiro atoms. The Kier molecular flexibility index (Phi) is 5.94. The van der Waals surface area contributed by atoms with Gasteiger partial charge in [-0.15, -0.1) is 0 Å². The molecule has 0 saturated carbocycles. The van der Waals surface area contributed by atoms with Crippen molar-refractivity contribution < 1.29 is 9.18 Å². The molecule has 94 valence electrons. The average molecular weight is 259 g/mol. The summed E-state index contributed by atoms with van der Waals surface area (Å²) in [5.41, 5.74) is 0.908. The van der Waals surface area contributed by atoms with E-state index in [9.17, 15) is 9.18 Å². The summed E-state index contributed by atoms with van der Waals surface area (Å²) in [6, 6.07) is 4.58. The first-order chi connectivity index (χ1) is 8.13. The molecule has 0 aliphatic heterocycles. The molecule has 0 aliphatic rings. The quantitative estimate of drug-likeness (QED) is 0.816. The predicted molar refractivity (Wildman–Crippen MR) is 66.7 cm³/mol. The third kappa shape index (κ3) is 5.15. The first-order valence-corrected chi connectivity index (χ1v) is 5.86. The average Bonchev–Trinajstić information content (AvgIpc) is 2.31. The van der Waals surface area contributed by atoms with Gasteiger partial charge in [0.05, 0.1) is 5.02 Å². The lowest BCUT2D eigenvalue weighted by molar-refractivity contribution is -0.120. The minimum atomic E-state index is -0.423. The van der Waals surface area contributed by atoms with Crippen molar-refractivity contribution in [3.63, 3.8) is 0 Å². The molecule has 17 heavy (non-hydrogen) atoms. The van der Waals surface area contributed by atoms with Crippen LogP contribution in [0.3, 0.4) is 0 Å². The number of rotatable bonds is 6. The van der Waals surface area contributed by atoms with E-state index in [0.717, 1.165) is 5.56 Å². The van der Waals surface area contributed by atoms with Gasteiger partial charge in [0.1, 0.15) is 5.82 Å². The summed E-state index contributed by atoms with van der Waals surface area (Å²) in [6.07, 6.45) is 1.10. The van der Waals surface area contributed by atoms with Crippen LogP contribution in [0.25, 0.3) is 0 Å². The van der Waals surface area contributed by atoms with Crippen LogP contribution in [-0.4, -0.2) is 26.0 Å². The van der Waals surface area contributed by atoms with Crippen LogP contribution in [-0.2, 0) is 11.2 Å². The Morgan fingerprint density at radius 2 is 2.18 bits per heavy atom. The molecule has 3 nitrogen and oxygen atoms in total. The number of hydrogen-bond donors (Lipinski definition) is 2. The Morgan fingerprint density at radius 1 is 1.41 bits per heavy atom. The summed E-state index contributed by atoms with van der Waals surface area (Å²) in [5.74, 6) is -0.416. The van der Waals surface area contributed by atoms with E-state index in [1.165, 1.54) is 6.07 Å². The van der Waals surface area contributed by atoms with Crippen LogP contribution in [0.4, 0.5) is 4.39 Å². The van der Waals surface area contributed by atoms with E-state index in [2.05, 4.69) is 10.6 Å². The molecule has 0 atom stereocenters. The van der Waals surface area contributed by atoms with Crippen LogP contribution in [0.15, 0.2) is 18.2 Å². The summed E-state index contributed by atoms with van der Waals surface area (Å²) in [6.45, 7) is 1.19. The van der Waals surface area contributed by atoms with Crippen molar-refractivity contribution in [2.45, 2.75) is 12.8 Å². The predicted octanol–water partition coefficient (Wildman–Crippen LogP) is 1.75. The molecule has 1 amide bonds. The Bertz CT molecular complexity index is 385. The van der Waals surface area contributed by atoms with Gasteiger partial charge in [0.25, 0.3) is 0 Å². The van der Waals surface area contributed by atoms with E-state index in [-0.39, 0.29) is 10.9 Å². The smallest absolute Gasteiger partial charge is 0.221 e. The SMILES string of the molecule is CNCCC(=O)NCCc1ccc(F)c(Cl)c1. The van der Waals surface area contributed by atoms with E-state index < -0.39 is 5.82 Å². The lowest BCUT2D eigenvalue weighted by atomic mass is 10.1. The highest BCUT2D eigenvalue weighted by Gasteiger charge is 2.02. The molecule has 0 radical (unpaired) electrons. The second-order valence-electron chi connectivity index (χ2n) is 3.70. The first kappa shape index (κ1) is 13.9. The van der Waals surface area contributed by atoms with Crippen molar-refractivity contribution in [3.05, 3.63) is 34.6 Å². The lowest BCUT2D eigenvalue weighted by Gasteiger charge is -2.05. The minimum absolute atomic E-state index is 0.00700.